The van der Waals surface area contributed by atoms with Crippen LogP contribution in [0.4, 0.5) is 4.79 Å². The van der Waals surface area contributed by atoms with Gasteiger partial charge >= 0.3 is 24.0 Å². The van der Waals surface area contributed by atoms with Crippen molar-refractivity contribution in [3.05, 3.63) is 82.9 Å². The number of hydrogen-bond acceptors (Lipinski definition) is 14. The monoisotopic (exact) mass is 844 g/mol. The lowest BCUT2D eigenvalue weighted by atomic mass is 9.42. The Kier molecular flexibility index (Phi) is 8.87. The number of carbonyl (C=O) groups excluding carboxylic acids is 5. The maximum Gasteiger partial charge on any atom is 0.408 e. The third-order valence-corrected chi connectivity index (χ3v) is 13.2. The Morgan fingerprint density at radius 3 is 2.13 bits per heavy atom. The van der Waals surface area contributed by atoms with Crippen LogP contribution in [0.1, 0.15) is 109 Å². The molecule has 15 heteroatoms. The average Bonchev–Trinajstić information content (AvgIpc) is 3.24. The lowest BCUT2D eigenvalue weighted by Crippen LogP contribution is -2.85. The van der Waals surface area contributed by atoms with Gasteiger partial charge in [0, 0.05) is 44.6 Å². The number of benzene rings is 2. The average molecular weight is 845 g/mol. The zero-order valence-corrected chi connectivity index (χ0v) is 34.3. The SMILES string of the molecule is [2H]C([2H])([2H])C(OC(=O)N[C@@H](c1ccccc1)[C@@H](O)C(=O)O[C@H]1C[C@@]2(O)[C@@H](OC(=O)c3ccccc3)[C@H]3[C@](C)(C(=O)[C@H](O)C(=C1C)C2(C)C)[C@@H](OC)C[C@@]1(C)OC[C@@]31OC(C)=O)(C([2H])([2H])[2H])C([2H])([2H])[2H]. The summed E-state index contributed by atoms with van der Waals surface area (Å²) in [5, 5.41) is 40.0. The largest absolute Gasteiger partial charge is 0.456 e. The number of fused-ring (bicyclic) bond motifs is 5. The molecular weight excluding hydrogens is 778 g/mol. The lowest BCUT2D eigenvalue weighted by Gasteiger charge is -2.71. The Bertz CT molecular complexity index is 2340. The van der Waals surface area contributed by atoms with E-state index in [-0.39, 0.29) is 35.3 Å². The van der Waals surface area contributed by atoms with E-state index in [0.29, 0.717) is 0 Å². The number of esters is 3. The van der Waals surface area contributed by atoms with E-state index < -0.39 is 132 Å². The van der Waals surface area contributed by atoms with Crippen LogP contribution < -0.4 is 5.32 Å². The van der Waals surface area contributed by atoms with Crippen molar-refractivity contribution < 1.29 is 80.1 Å². The molecule has 2 bridgehead atoms. The predicted octanol–water partition coefficient (Wildman–Crippen LogP) is 4.30. The van der Waals surface area contributed by atoms with E-state index in [4.69, 9.17) is 40.8 Å². The van der Waals surface area contributed by atoms with E-state index in [0.717, 1.165) is 6.92 Å². The van der Waals surface area contributed by atoms with Gasteiger partial charge in [0.15, 0.2) is 17.5 Å². The van der Waals surface area contributed by atoms with E-state index in [2.05, 4.69) is 0 Å². The maximum atomic E-state index is 15.4. The summed E-state index contributed by atoms with van der Waals surface area (Å²) in [6.45, 7) is -3.72. The Hall–Kier alpha value is -4.67. The van der Waals surface area contributed by atoms with Crippen molar-refractivity contribution in [3.8, 4) is 0 Å². The minimum absolute atomic E-state index is 0.0130. The first-order chi connectivity index (χ1) is 31.6. The molecule has 3 fully saturated rings. The molecule has 1 heterocycles. The molecule has 2 aromatic rings. The summed E-state index contributed by atoms with van der Waals surface area (Å²) < 4.78 is 106. The van der Waals surface area contributed by atoms with Crippen LogP contribution in [0.3, 0.4) is 0 Å². The Labute approximate surface area is 362 Å². The van der Waals surface area contributed by atoms with Crippen LogP contribution in [0.25, 0.3) is 0 Å². The number of amides is 1. The minimum atomic E-state index is -4.10. The number of ketones is 1. The summed E-state index contributed by atoms with van der Waals surface area (Å²) in [6.07, 6.45) is -12.0. The number of aliphatic hydroxyl groups excluding tert-OH is 2. The molecule has 15 nitrogen and oxygen atoms in total. The molecule has 2 aromatic carbocycles. The summed E-state index contributed by atoms with van der Waals surface area (Å²) in [6, 6.07) is 12.6. The molecule has 3 aliphatic carbocycles. The number of nitrogens with one attached hydrogen (secondary N) is 1. The molecule has 4 N–H and O–H groups in total. The fraction of sp³-hybridized carbons (Fsp3) is 0.578. The van der Waals surface area contributed by atoms with E-state index in [1.165, 1.54) is 77.3 Å². The molecule has 4 aliphatic rings. The number of methoxy groups -OCH3 is 1. The van der Waals surface area contributed by atoms with Crippen molar-refractivity contribution in [3.63, 3.8) is 0 Å². The summed E-state index contributed by atoms with van der Waals surface area (Å²) in [5.41, 5.74) is -13.8. The number of alkyl carbamates (subject to hydrolysis) is 1. The van der Waals surface area contributed by atoms with Crippen molar-refractivity contribution >= 4 is 29.8 Å². The topological polar surface area (TPSA) is 213 Å². The van der Waals surface area contributed by atoms with Gasteiger partial charge in [-0.3, -0.25) is 9.59 Å². The summed E-state index contributed by atoms with van der Waals surface area (Å²) >= 11 is 0. The van der Waals surface area contributed by atoms with Gasteiger partial charge in [-0.25, -0.2) is 14.4 Å². The molecule has 1 saturated heterocycles. The molecule has 1 amide bonds. The van der Waals surface area contributed by atoms with Crippen molar-refractivity contribution in [2.45, 2.75) is 134 Å². The van der Waals surface area contributed by atoms with Crippen LogP contribution in [0.5, 0.6) is 0 Å². The van der Waals surface area contributed by atoms with E-state index in [1.807, 2.05) is 5.32 Å². The number of carbonyl (C=O) groups is 5. The molecule has 2 saturated carbocycles. The van der Waals surface area contributed by atoms with Gasteiger partial charge in [-0.2, -0.15) is 0 Å². The fourth-order valence-electron chi connectivity index (χ4n) is 10.0. The summed E-state index contributed by atoms with van der Waals surface area (Å²) in [5.74, 6) is -5.81. The highest BCUT2D eigenvalue weighted by Gasteiger charge is 2.81. The first-order valence-corrected chi connectivity index (χ1v) is 19.3. The predicted molar refractivity (Wildman–Crippen MR) is 213 cm³/mol. The molecular formula is C45H57NO14. The Balaban J connectivity index is 1.49. The molecule has 326 valence electrons. The third-order valence-electron chi connectivity index (χ3n) is 13.2. The highest BCUT2D eigenvalue weighted by atomic mass is 16.6. The molecule has 0 radical (unpaired) electrons. The van der Waals surface area contributed by atoms with Crippen LogP contribution in [0, 0.1) is 16.7 Å². The molecule has 11 atom stereocenters. The second-order valence-electron chi connectivity index (χ2n) is 17.0. The number of Topliss-reactive ketones (excluding diaryl/α,β-unsaturated/α-hetero) is 1. The first kappa shape index (κ1) is 34.0. The number of hydrogen-bond donors (Lipinski definition) is 4. The zero-order valence-electron chi connectivity index (χ0n) is 43.3. The Morgan fingerprint density at radius 2 is 1.58 bits per heavy atom. The standard InChI is InChI=1S/C45H57NO14/c1-24-28(57-38(52)33(49)31(26-17-13-11-14-18-26)46-39(53)60-40(3,4)5)21-44(54)36(58-37(51)27-19-15-12-16-20-27)34-43(9,35(50)32(48)30(24)41(44,6)7)29(55-10)22-42(8)45(34,23-56-42)59-25(2)47/h11-20,28-29,31-34,36,48-49,54H,21-23H2,1-10H3,(H,46,53)/t28-,29-,31-,32+,33+,34-,36-,42+,43+,44+,45+/m0/s1/i3D3,4D3,5D3. The molecule has 0 unspecified atom stereocenters. The normalized spacial score (nSPS) is 37.1. The quantitative estimate of drug-likeness (QED) is 0.158. The van der Waals surface area contributed by atoms with E-state index in [1.54, 1.807) is 25.1 Å². The molecule has 1 aliphatic heterocycles. The second-order valence-corrected chi connectivity index (χ2v) is 17.0. The smallest absolute Gasteiger partial charge is 0.408 e. The third kappa shape index (κ3) is 7.21. The van der Waals surface area contributed by atoms with Gasteiger partial charge in [-0.05, 0) is 70.2 Å². The summed E-state index contributed by atoms with van der Waals surface area (Å²) in [4.78, 5) is 70.8. The van der Waals surface area contributed by atoms with Gasteiger partial charge in [0.25, 0.3) is 0 Å². The van der Waals surface area contributed by atoms with Crippen LogP contribution in [0.2, 0.25) is 0 Å². The second kappa shape index (κ2) is 15.7. The first-order valence-electron chi connectivity index (χ1n) is 23.8. The van der Waals surface area contributed by atoms with Crippen molar-refractivity contribution in [1.82, 2.24) is 5.32 Å². The maximum absolute atomic E-state index is 15.4. The number of ether oxygens (including phenoxy) is 6. The van der Waals surface area contributed by atoms with Crippen molar-refractivity contribution in [1.29, 1.82) is 0 Å². The highest BCUT2D eigenvalue weighted by molar-refractivity contribution is 5.94. The van der Waals surface area contributed by atoms with Crippen LogP contribution >= 0.6 is 0 Å². The minimum Gasteiger partial charge on any atom is -0.456 e. The molecule has 60 heavy (non-hydrogen) atoms. The van der Waals surface area contributed by atoms with Crippen molar-refractivity contribution in [2.24, 2.45) is 16.7 Å². The van der Waals surface area contributed by atoms with Crippen LogP contribution in [-0.2, 0) is 42.8 Å². The van der Waals surface area contributed by atoms with Crippen LogP contribution in [-0.4, -0.2) is 112 Å². The molecule has 6 rings (SSSR count). The highest BCUT2D eigenvalue weighted by Crippen LogP contribution is 2.67. The molecule has 0 spiro atoms. The van der Waals surface area contributed by atoms with Crippen LogP contribution in [0.15, 0.2) is 71.8 Å². The van der Waals surface area contributed by atoms with Gasteiger partial charge in [0.2, 0.25) is 0 Å². The Morgan fingerprint density at radius 1 is 0.967 bits per heavy atom. The van der Waals surface area contributed by atoms with Gasteiger partial charge < -0.3 is 49.1 Å². The van der Waals surface area contributed by atoms with E-state index >= 15 is 4.79 Å². The summed E-state index contributed by atoms with van der Waals surface area (Å²) in [7, 11) is 1.32. The van der Waals surface area contributed by atoms with Gasteiger partial charge in [-0.1, -0.05) is 62.4 Å². The fourth-order valence-corrected chi connectivity index (χ4v) is 10.0. The van der Waals surface area contributed by atoms with Gasteiger partial charge in [0.05, 0.1) is 35.6 Å². The lowest BCUT2D eigenvalue weighted by molar-refractivity contribution is -0.384. The zero-order chi connectivity index (χ0) is 51.9. The van der Waals surface area contributed by atoms with Crippen molar-refractivity contribution in [2.75, 3.05) is 13.7 Å². The van der Waals surface area contributed by atoms with Gasteiger partial charge in [0.1, 0.15) is 35.1 Å². The molecule has 0 aromatic heterocycles. The van der Waals surface area contributed by atoms with Gasteiger partial charge in [-0.15, -0.1) is 0 Å². The van der Waals surface area contributed by atoms with E-state index in [9.17, 15) is 34.5 Å². The number of rotatable bonds is 9. The number of aliphatic hydroxyl groups is 3.